The van der Waals surface area contributed by atoms with E-state index in [4.69, 9.17) is 4.84 Å². The molecule has 0 aliphatic carbocycles. The van der Waals surface area contributed by atoms with Gasteiger partial charge in [0.25, 0.3) is 0 Å². The lowest BCUT2D eigenvalue weighted by Crippen LogP contribution is -2.36. The zero-order valence-corrected chi connectivity index (χ0v) is 15.1. The molecule has 0 amide bonds. The second kappa shape index (κ2) is 9.19. The molecule has 1 heterocycles. The fourth-order valence-electron chi connectivity index (χ4n) is 2.88. The molecule has 0 spiro atoms. The van der Waals surface area contributed by atoms with Crippen LogP contribution in [0.4, 0.5) is 17.6 Å². The molecule has 27 heavy (non-hydrogen) atoms. The molecule has 3 nitrogen and oxygen atoms in total. The second-order valence-corrected chi connectivity index (χ2v) is 6.12. The number of benzene rings is 2. The van der Waals surface area contributed by atoms with Gasteiger partial charge in [-0.05, 0) is 48.4 Å². The van der Waals surface area contributed by atoms with Crippen LogP contribution in [0, 0.1) is 5.82 Å². The predicted octanol–water partition coefficient (Wildman–Crippen LogP) is 4.92. The van der Waals surface area contributed by atoms with Gasteiger partial charge in [-0.1, -0.05) is 29.4 Å². The van der Waals surface area contributed by atoms with Gasteiger partial charge in [0.15, 0.2) is 0 Å². The number of oxime groups is 1. The SMILES string of the molecule is Cl.Fc1ccc(C2CCNC/C2=N\OCc2ccc(C(F)(F)F)cc2)cc1. The van der Waals surface area contributed by atoms with Crippen LogP contribution in [0.1, 0.15) is 29.0 Å². The van der Waals surface area contributed by atoms with Crippen molar-refractivity contribution < 1.29 is 22.4 Å². The molecule has 1 fully saturated rings. The Hall–Kier alpha value is -2.12. The van der Waals surface area contributed by atoms with E-state index in [9.17, 15) is 17.6 Å². The average Bonchev–Trinajstić information content (AvgIpc) is 2.63. The summed E-state index contributed by atoms with van der Waals surface area (Å²) < 4.78 is 50.8. The first kappa shape index (κ1) is 21.2. The monoisotopic (exact) mass is 402 g/mol. The van der Waals surface area contributed by atoms with E-state index in [0.717, 1.165) is 36.4 Å². The van der Waals surface area contributed by atoms with Crippen LogP contribution >= 0.6 is 12.4 Å². The molecule has 1 aliphatic heterocycles. The Balaban J connectivity index is 0.00000261. The number of alkyl halides is 3. The summed E-state index contributed by atoms with van der Waals surface area (Å²) in [6.07, 6.45) is -3.54. The third-order valence-electron chi connectivity index (χ3n) is 4.28. The zero-order chi connectivity index (χ0) is 18.6. The largest absolute Gasteiger partial charge is 0.416 e. The maximum atomic E-state index is 13.1. The van der Waals surface area contributed by atoms with Crippen LogP contribution in [0.25, 0.3) is 0 Å². The number of halogens is 5. The van der Waals surface area contributed by atoms with Gasteiger partial charge in [-0.15, -0.1) is 12.4 Å². The number of piperidine rings is 1. The second-order valence-electron chi connectivity index (χ2n) is 6.12. The number of rotatable bonds is 4. The molecular weight excluding hydrogens is 384 g/mol. The van der Waals surface area contributed by atoms with E-state index in [1.807, 2.05) is 0 Å². The molecule has 0 aromatic heterocycles. The van der Waals surface area contributed by atoms with Crippen molar-refractivity contribution in [1.82, 2.24) is 5.32 Å². The minimum Gasteiger partial charge on any atom is -0.391 e. The third kappa shape index (κ3) is 5.68. The van der Waals surface area contributed by atoms with Crippen molar-refractivity contribution >= 4 is 18.1 Å². The Morgan fingerprint density at radius 1 is 1.04 bits per heavy atom. The zero-order valence-electron chi connectivity index (χ0n) is 14.3. The fraction of sp³-hybridized carbons (Fsp3) is 0.316. The van der Waals surface area contributed by atoms with Crippen molar-refractivity contribution in [3.63, 3.8) is 0 Å². The summed E-state index contributed by atoms with van der Waals surface area (Å²) in [5, 5.41) is 7.38. The highest BCUT2D eigenvalue weighted by atomic mass is 35.5. The van der Waals surface area contributed by atoms with Crippen molar-refractivity contribution in [1.29, 1.82) is 0 Å². The Labute approximate surface area is 160 Å². The molecule has 146 valence electrons. The number of hydrogen-bond acceptors (Lipinski definition) is 3. The van der Waals surface area contributed by atoms with Gasteiger partial charge in [-0.25, -0.2) is 4.39 Å². The highest BCUT2D eigenvalue weighted by molar-refractivity contribution is 5.93. The van der Waals surface area contributed by atoms with Crippen LogP contribution < -0.4 is 5.32 Å². The summed E-state index contributed by atoms with van der Waals surface area (Å²) in [4.78, 5) is 5.35. The van der Waals surface area contributed by atoms with E-state index in [2.05, 4.69) is 10.5 Å². The summed E-state index contributed by atoms with van der Waals surface area (Å²) in [6, 6.07) is 11.1. The first-order chi connectivity index (χ1) is 12.4. The van der Waals surface area contributed by atoms with Gasteiger partial charge in [-0.2, -0.15) is 13.2 Å². The van der Waals surface area contributed by atoms with Crippen LogP contribution in [0.15, 0.2) is 53.7 Å². The molecule has 0 bridgehead atoms. The number of nitrogens with zero attached hydrogens (tertiary/aromatic N) is 1. The Morgan fingerprint density at radius 2 is 1.70 bits per heavy atom. The molecule has 0 radical (unpaired) electrons. The van der Waals surface area contributed by atoms with Crippen LogP contribution in [0.5, 0.6) is 0 Å². The van der Waals surface area contributed by atoms with E-state index in [1.54, 1.807) is 12.1 Å². The normalized spacial score (nSPS) is 18.8. The number of hydrogen-bond donors (Lipinski definition) is 1. The molecule has 1 unspecified atom stereocenters. The van der Waals surface area contributed by atoms with Crippen LogP contribution in [-0.2, 0) is 17.6 Å². The summed E-state index contributed by atoms with van der Waals surface area (Å²) in [6.45, 7) is 1.45. The summed E-state index contributed by atoms with van der Waals surface area (Å²) in [7, 11) is 0. The fourth-order valence-corrected chi connectivity index (χ4v) is 2.88. The molecule has 1 N–H and O–H groups in total. The maximum absolute atomic E-state index is 13.1. The van der Waals surface area contributed by atoms with Crippen molar-refractivity contribution in [3.05, 3.63) is 71.0 Å². The van der Waals surface area contributed by atoms with Crippen molar-refractivity contribution in [2.45, 2.75) is 25.1 Å². The average molecular weight is 403 g/mol. The number of nitrogens with one attached hydrogen (secondary N) is 1. The summed E-state index contributed by atoms with van der Waals surface area (Å²) in [5.41, 5.74) is 1.66. The van der Waals surface area contributed by atoms with Gasteiger partial charge < -0.3 is 10.2 Å². The minimum atomic E-state index is -4.35. The van der Waals surface area contributed by atoms with Gasteiger partial charge in [0.1, 0.15) is 12.4 Å². The Morgan fingerprint density at radius 3 is 2.33 bits per heavy atom. The van der Waals surface area contributed by atoms with Gasteiger partial charge in [0.2, 0.25) is 0 Å². The third-order valence-corrected chi connectivity index (χ3v) is 4.28. The van der Waals surface area contributed by atoms with E-state index in [-0.39, 0.29) is 30.7 Å². The van der Waals surface area contributed by atoms with Gasteiger partial charge in [0, 0.05) is 12.5 Å². The Kier molecular flexibility index (Phi) is 7.21. The predicted molar refractivity (Wildman–Crippen MR) is 97.5 cm³/mol. The van der Waals surface area contributed by atoms with E-state index < -0.39 is 11.7 Å². The first-order valence-corrected chi connectivity index (χ1v) is 8.24. The Bertz CT molecular complexity index is 761. The lowest BCUT2D eigenvalue weighted by atomic mass is 9.88. The molecule has 3 rings (SSSR count). The van der Waals surface area contributed by atoms with E-state index in [0.29, 0.717) is 12.1 Å². The summed E-state index contributed by atoms with van der Waals surface area (Å²) in [5.74, 6) is -0.260. The topological polar surface area (TPSA) is 33.6 Å². The first-order valence-electron chi connectivity index (χ1n) is 8.24. The van der Waals surface area contributed by atoms with Crippen molar-refractivity contribution in [2.75, 3.05) is 13.1 Å². The maximum Gasteiger partial charge on any atom is 0.416 e. The van der Waals surface area contributed by atoms with Gasteiger partial charge >= 0.3 is 6.18 Å². The highest BCUT2D eigenvalue weighted by Crippen LogP contribution is 2.29. The molecule has 1 saturated heterocycles. The van der Waals surface area contributed by atoms with E-state index >= 15 is 0 Å². The summed E-state index contributed by atoms with van der Waals surface area (Å²) >= 11 is 0. The minimum absolute atomic E-state index is 0. The van der Waals surface area contributed by atoms with Crippen molar-refractivity contribution in [2.24, 2.45) is 5.16 Å². The molecule has 0 saturated carbocycles. The van der Waals surface area contributed by atoms with Crippen LogP contribution in [-0.4, -0.2) is 18.8 Å². The quantitative estimate of drug-likeness (QED) is 0.582. The lowest BCUT2D eigenvalue weighted by molar-refractivity contribution is -0.137. The molecule has 1 atom stereocenters. The highest BCUT2D eigenvalue weighted by Gasteiger charge is 2.30. The van der Waals surface area contributed by atoms with Crippen molar-refractivity contribution in [3.8, 4) is 0 Å². The lowest BCUT2D eigenvalue weighted by Gasteiger charge is -2.24. The molecule has 8 heteroatoms. The molecule has 2 aromatic rings. The molecule has 1 aliphatic rings. The standard InChI is InChI=1S/C19H18F4N2O.ClH/c20-16-7-3-14(4-8-16)17-9-10-24-11-18(17)25-26-12-13-1-5-15(6-2-13)19(21,22)23;/h1-8,17,24H,9-12H2;1H/b25-18+;. The van der Waals surface area contributed by atoms with E-state index in [1.165, 1.54) is 24.3 Å². The molecule has 2 aromatic carbocycles. The van der Waals surface area contributed by atoms with Gasteiger partial charge in [-0.3, -0.25) is 0 Å². The van der Waals surface area contributed by atoms with Crippen LogP contribution in [0.2, 0.25) is 0 Å². The smallest absolute Gasteiger partial charge is 0.391 e. The van der Waals surface area contributed by atoms with Gasteiger partial charge in [0.05, 0.1) is 11.3 Å². The van der Waals surface area contributed by atoms with Crippen LogP contribution in [0.3, 0.4) is 0 Å². The molecular formula is C19H19ClF4N2O.